The Bertz CT molecular complexity index is 490. The molecular weight excluding hydrogens is 285 g/mol. The van der Waals surface area contributed by atoms with Crippen molar-refractivity contribution in [2.24, 2.45) is 16.8 Å². The number of benzene rings is 1. The van der Waals surface area contributed by atoms with Crippen LogP contribution in [0.1, 0.15) is 26.3 Å². The van der Waals surface area contributed by atoms with E-state index in [1.807, 2.05) is 20.8 Å². The molecule has 3 N–H and O–H groups in total. The van der Waals surface area contributed by atoms with Gasteiger partial charge in [-0.1, -0.05) is 38.1 Å². The minimum atomic E-state index is -4.64. The maximum atomic E-state index is 12.7. The first-order valence-electron chi connectivity index (χ1n) is 6.33. The van der Waals surface area contributed by atoms with Gasteiger partial charge in [0.15, 0.2) is 5.84 Å². The quantitative estimate of drug-likeness (QED) is 0.388. The van der Waals surface area contributed by atoms with Gasteiger partial charge < -0.3 is 15.7 Å². The second-order valence-electron chi connectivity index (χ2n) is 5.70. The number of oxime groups is 1. The SMILES string of the molecule is CC(C)(C)c1ccc(OCC(/C(N)=N/O)C(F)(F)F)cc1. The van der Waals surface area contributed by atoms with Gasteiger partial charge in [0.05, 0.1) is 0 Å². The van der Waals surface area contributed by atoms with Crippen LogP contribution in [0.4, 0.5) is 13.2 Å². The van der Waals surface area contributed by atoms with Crippen molar-refractivity contribution in [3.05, 3.63) is 29.8 Å². The molecule has 0 heterocycles. The van der Waals surface area contributed by atoms with Crippen LogP contribution in [0.2, 0.25) is 0 Å². The third-order valence-corrected chi connectivity index (χ3v) is 3.00. The van der Waals surface area contributed by atoms with Crippen molar-refractivity contribution in [1.82, 2.24) is 0 Å². The van der Waals surface area contributed by atoms with Gasteiger partial charge in [-0.3, -0.25) is 0 Å². The predicted octanol–water partition coefficient (Wildman–Crippen LogP) is 3.29. The van der Waals surface area contributed by atoms with Crippen molar-refractivity contribution < 1.29 is 23.1 Å². The summed E-state index contributed by atoms with van der Waals surface area (Å²) in [6.07, 6.45) is -4.64. The van der Waals surface area contributed by atoms with Gasteiger partial charge in [0.2, 0.25) is 0 Å². The summed E-state index contributed by atoms with van der Waals surface area (Å²) < 4.78 is 43.3. The zero-order valence-corrected chi connectivity index (χ0v) is 12.1. The Morgan fingerprint density at radius 3 is 2.14 bits per heavy atom. The van der Waals surface area contributed by atoms with Gasteiger partial charge in [-0.2, -0.15) is 13.2 Å². The van der Waals surface area contributed by atoms with Gasteiger partial charge in [0, 0.05) is 0 Å². The van der Waals surface area contributed by atoms with E-state index in [0.717, 1.165) is 5.56 Å². The second kappa shape index (κ2) is 6.24. The normalized spacial score (nSPS) is 14.9. The summed E-state index contributed by atoms with van der Waals surface area (Å²) in [6.45, 7) is 5.34. The van der Waals surface area contributed by atoms with E-state index in [1.165, 1.54) is 0 Å². The summed E-state index contributed by atoms with van der Waals surface area (Å²) >= 11 is 0. The van der Waals surface area contributed by atoms with Crippen molar-refractivity contribution in [1.29, 1.82) is 0 Å². The van der Waals surface area contributed by atoms with Crippen LogP contribution in [-0.4, -0.2) is 23.8 Å². The van der Waals surface area contributed by atoms with E-state index >= 15 is 0 Å². The number of alkyl halides is 3. The summed E-state index contributed by atoms with van der Waals surface area (Å²) in [6, 6.07) is 6.78. The number of hydrogen-bond donors (Lipinski definition) is 2. The van der Waals surface area contributed by atoms with E-state index in [2.05, 4.69) is 5.16 Å². The van der Waals surface area contributed by atoms with Crippen LogP contribution in [0, 0.1) is 5.92 Å². The minimum Gasteiger partial charge on any atom is -0.492 e. The fourth-order valence-electron chi connectivity index (χ4n) is 1.65. The van der Waals surface area contributed by atoms with E-state index < -0.39 is 24.5 Å². The van der Waals surface area contributed by atoms with E-state index in [1.54, 1.807) is 24.3 Å². The molecule has 0 spiro atoms. The lowest BCUT2D eigenvalue weighted by Gasteiger charge is -2.21. The van der Waals surface area contributed by atoms with Crippen LogP contribution in [0.15, 0.2) is 29.4 Å². The molecule has 0 aliphatic heterocycles. The Morgan fingerprint density at radius 2 is 1.76 bits per heavy atom. The summed E-state index contributed by atoms with van der Waals surface area (Å²) in [7, 11) is 0. The first kappa shape index (κ1) is 17.1. The van der Waals surface area contributed by atoms with Crippen LogP contribution in [0.25, 0.3) is 0 Å². The lowest BCUT2D eigenvalue weighted by Crippen LogP contribution is -2.40. The molecule has 0 aliphatic rings. The Hall–Kier alpha value is -1.92. The summed E-state index contributed by atoms with van der Waals surface area (Å²) in [5.74, 6) is -2.78. The molecule has 7 heteroatoms. The first-order chi connectivity index (χ1) is 9.55. The smallest absolute Gasteiger partial charge is 0.402 e. The van der Waals surface area contributed by atoms with Crippen LogP contribution in [-0.2, 0) is 5.41 Å². The topological polar surface area (TPSA) is 67.8 Å². The third kappa shape index (κ3) is 4.84. The second-order valence-corrected chi connectivity index (χ2v) is 5.70. The van der Waals surface area contributed by atoms with Crippen molar-refractivity contribution in [2.45, 2.75) is 32.4 Å². The van der Waals surface area contributed by atoms with Crippen molar-refractivity contribution >= 4 is 5.84 Å². The zero-order chi connectivity index (χ0) is 16.3. The van der Waals surface area contributed by atoms with Gasteiger partial charge in [0.1, 0.15) is 18.3 Å². The van der Waals surface area contributed by atoms with Crippen LogP contribution < -0.4 is 10.5 Å². The molecule has 0 amide bonds. The highest BCUT2D eigenvalue weighted by Gasteiger charge is 2.43. The molecule has 1 aromatic rings. The minimum absolute atomic E-state index is 0.0546. The van der Waals surface area contributed by atoms with Gasteiger partial charge in [-0.25, -0.2) is 0 Å². The maximum Gasteiger partial charge on any atom is 0.402 e. The number of nitrogens with zero attached hydrogens (tertiary/aromatic N) is 1. The molecule has 4 nitrogen and oxygen atoms in total. The lowest BCUT2D eigenvalue weighted by atomic mass is 9.87. The maximum absolute atomic E-state index is 12.7. The van der Waals surface area contributed by atoms with Gasteiger partial charge in [-0.15, -0.1) is 0 Å². The molecule has 118 valence electrons. The summed E-state index contributed by atoms with van der Waals surface area (Å²) in [4.78, 5) is 0. The zero-order valence-electron chi connectivity index (χ0n) is 12.1. The van der Waals surface area contributed by atoms with Crippen LogP contribution in [0.3, 0.4) is 0 Å². The number of hydrogen-bond acceptors (Lipinski definition) is 3. The number of nitrogens with two attached hydrogens (primary N) is 1. The predicted molar refractivity (Wildman–Crippen MR) is 73.6 cm³/mol. The van der Waals surface area contributed by atoms with E-state index in [4.69, 9.17) is 15.7 Å². The Morgan fingerprint density at radius 1 is 1.24 bits per heavy atom. The van der Waals surface area contributed by atoms with Gasteiger partial charge in [0.25, 0.3) is 0 Å². The molecule has 0 aromatic heterocycles. The number of rotatable bonds is 4. The average molecular weight is 304 g/mol. The average Bonchev–Trinajstić information content (AvgIpc) is 2.36. The molecular formula is C14H19F3N2O2. The number of halogens is 3. The van der Waals surface area contributed by atoms with Crippen molar-refractivity contribution in [2.75, 3.05) is 6.61 Å². The number of amidine groups is 1. The van der Waals surface area contributed by atoms with Crippen LogP contribution >= 0.6 is 0 Å². The fraction of sp³-hybridized carbons (Fsp3) is 0.500. The standard InChI is InChI=1S/C14H19F3N2O2/c1-13(2,3)9-4-6-10(7-5-9)21-8-11(12(18)19-20)14(15,16)17/h4-7,11,20H,8H2,1-3H3,(H2,18,19). The first-order valence-corrected chi connectivity index (χ1v) is 6.33. The van der Waals surface area contributed by atoms with Crippen molar-refractivity contribution in [3.63, 3.8) is 0 Å². The van der Waals surface area contributed by atoms with E-state index in [0.29, 0.717) is 5.75 Å². The van der Waals surface area contributed by atoms with Gasteiger partial charge >= 0.3 is 6.18 Å². The highest BCUT2D eigenvalue weighted by atomic mass is 19.4. The van der Waals surface area contributed by atoms with Crippen molar-refractivity contribution in [3.8, 4) is 5.75 Å². The summed E-state index contributed by atoms with van der Waals surface area (Å²) in [5.41, 5.74) is 6.03. The van der Waals surface area contributed by atoms with E-state index in [-0.39, 0.29) is 5.41 Å². The molecule has 0 bridgehead atoms. The molecule has 21 heavy (non-hydrogen) atoms. The molecule has 1 unspecified atom stereocenters. The monoisotopic (exact) mass is 304 g/mol. The number of ether oxygens (including phenoxy) is 1. The fourth-order valence-corrected chi connectivity index (χ4v) is 1.65. The molecule has 1 atom stereocenters. The Labute approximate surface area is 121 Å². The lowest BCUT2D eigenvalue weighted by molar-refractivity contribution is -0.162. The Balaban J connectivity index is 2.78. The molecule has 0 saturated heterocycles. The van der Waals surface area contributed by atoms with Gasteiger partial charge in [-0.05, 0) is 23.1 Å². The molecule has 0 fully saturated rings. The molecule has 0 radical (unpaired) electrons. The highest BCUT2D eigenvalue weighted by Crippen LogP contribution is 2.28. The van der Waals surface area contributed by atoms with Crippen LogP contribution in [0.5, 0.6) is 5.75 Å². The third-order valence-electron chi connectivity index (χ3n) is 3.00. The molecule has 1 aromatic carbocycles. The highest BCUT2D eigenvalue weighted by molar-refractivity contribution is 5.83. The molecule has 0 saturated carbocycles. The largest absolute Gasteiger partial charge is 0.492 e. The summed E-state index contributed by atoms with van der Waals surface area (Å²) in [5, 5.41) is 10.8. The molecule has 1 rings (SSSR count). The van der Waals surface area contributed by atoms with E-state index in [9.17, 15) is 13.2 Å². The Kier molecular flexibility index (Phi) is 5.09. The molecule has 0 aliphatic carbocycles.